The Balaban J connectivity index is 1.71. The summed E-state index contributed by atoms with van der Waals surface area (Å²) >= 11 is 4.98. The van der Waals surface area contributed by atoms with Crippen LogP contribution in [-0.4, -0.2) is 28.9 Å². The number of nitrogens with zero attached hydrogens (tertiary/aromatic N) is 2. The summed E-state index contributed by atoms with van der Waals surface area (Å²) in [6.07, 6.45) is 2.14. The summed E-state index contributed by atoms with van der Waals surface area (Å²) in [6.45, 7) is 5.33. The van der Waals surface area contributed by atoms with Crippen LogP contribution in [0.4, 0.5) is 5.13 Å². The molecule has 0 fully saturated rings. The van der Waals surface area contributed by atoms with Crippen molar-refractivity contribution in [2.45, 2.75) is 26.3 Å². The van der Waals surface area contributed by atoms with Crippen LogP contribution in [0.5, 0.6) is 0 Å². The second-order valence-corrected chi connectivity index (χ2v) is 7.38. The fourth-order valence-corrected chi connectivity index (χ4v) is 4.05. The normalized spacial score (nSPS) is 14.6. The molecule has 0 bridgehead atoms. The van der Waals surface area contributed by atoms with E-state index in [9.17, 15) is 4.79 Å². The molecule has 2 heterocycles. The minimum Gasteiger partial charge on any atom is -0.298 e. The molecule has 0 saturated carbocycles. The minimum absolute atomic E-state index is 0.113. The maximum Gasteiger partial charge on any atom is 0.257 e. The first kappa shape index (κ1) is 15.6. The molecule has 1 N–H and O–H groups in total. The lowest BCUT2D eigenvalue weighted by atomic mass is 10.2. The number of hydrogen-bond acceptors (Lipinski definition) is 4. The van der Waals surface area contributed by atoms with Crippen LogP contribution in [-0.2, 0) is 13.0 Å². The predicted molar refractivity (Wildman–Crippen MR) is 93.5 cm³/mol. The first-order valence-corrected chi connectivity index (χ1v) is 9.04. The maximum absolute atomic E-state index is 12.3. The average Bonchev–Trinajstić information content (AvgIpc) is 2.89. The van der Waals surface area contributed by atoms with E-state index in [1.54, 1.807) is 17.4 Å². The van der Waals surface area contributed by atoms with Crippen LogP contribution in [0.2, 0.25) is 0 Å². The molecule has 0 aliphatic carbocycles. The van der Waals surface area contributed by atoms with Crippen molar-refractivity contribution in [2.24, 2.45) is 0 Å². The number of carbonyl (C=O) groups excluding carboxylic acids is 1. The Labute approximate surface area is 142 Å². The van der Waals surface area contributed by atoms with Crippen molar-refractivity contribution in [3.63, 3.8) is 0 Å². The van der Waals surface area contributed by atoms with Crippen molar-refractivity contribution in [3.8, 4) is 0 Å². The van der Waals surface area contributed by atoms with E-state index in [0.29, 0.717) is 10.7 Å². The minimum atomic E-state index is -0.113. The lowest BCUT2D eigenvalue weighted by Gasteiger charge is -2.24. The van der Waals surface area contributed by atoms with Gasteiger partial charge in [0.2, 0.25) is 0 Å². The van der Waals surface area contributed by atoms with Crippen molar-refractivity contribution in [3.05, 3.63) is 44.9 Å². The van der Waals surface area contributed by atoms with Gasteiger partial charge in [0.1, 0.15) is 0 Å². The lowest BCUT2D eigenvalue weighted by molar-refractivity contribution is 0.102. The van der Waals surface area contributed by atoms with Gasteiger partial charge in [0, 0.05) is 34.4 Å². The molecule has 6 heteroatoms. The van der Waals surface area contributed by atoms with Crippen LogP contribution in [0.3, 0.4) is 0 Å². The molecule has 3 rings (SSSR count). The zero-order valence-electron chi connectivity index (χ0n) is 12.4. The summed E-state index contributed by atoms with van der Waals surface area (Å²) in [7, 11) is 0. The number of hydrogen-bond donors (Lipinski definition) is 1. The smallest absolute Gasteiger partial charge is 0.257 e. The molecule has 1 aliphatic heterocycles. The number of amides is 1. The third-order valence-corrected chi connectivity index (χ3v) is 5.15. The van der Waals surface area contributed by atoms with Gasteiger partial charge in [0.15, 0.2) is 5.13 Å². The molecule has 1 aromatic carbocycles. The lowest BCUT2D eigenvalue weighted by Crippen LogP contribution is -2.30. The molecule has 116 valence electrons. The van der Waals surface area contributed by atoms with E-state index in [0.717, 1.165) is 36.2 Å². The van der Waals surface area contributed by atoms with Crippen LogP contribution in [0, 0.1) is 0 Å². The summed E-state index contributed by atoms with van der Waals surface area (Å²) in [5.41, 5.74) is 1.78. The second-order valence-electron chi connectivity index (χ2n) is 5.38. The average molecular weight is 380 g/mol. The van der Waals surface area contributed by atoms with Gasteiger partial charge in [-0.05, 0) is 31.2 Å². The Kier molecular flexibility index (Phi) is 4.90. The molecule has 0 spiro atoms. The number of benzene rings is 1. The van der Waals surface area contributed by atoms with Crippen molar-refractivity contribution in [1.29, 1.82) is 0 Å². The van der Waals surface area contributed by atoms with Gasteiger partial charge >= 0.3 is 0 Å². The third-order valence-electron chi connectivity index (χ3n) is 3.66. The topological polar surface area (TPSA) is 45.2 Å². The highest BCUT2D eigenvalue weighted by Gasteiger charge is 2.21. The van der Waals surface area contributed by atoms with E-state index < -0.39 is 0 Å². The van der Waals surface area contributed by atoms with Crippen molar-refractivity contribution in [1.82, 2.24) is 9.88 Å². The molecule has 0 radical (unpaired) electrons. The first-order chi connectivity index (χ1) is 10.7. The Morgan fingerprint density at radius 1 is 1.50 bits per heavy atom. The summed E-state index contributed by atoms with van der Waals surface area (Å²) in [5, 5.41) is 3.62. The van der Waals surface area contributed by atoms with Crippen LogP contribution in [0.25, 0.3) is 0 Å². The van der Waals surface area contributed by atoms with Crippen LogP contribution >= 0.6 is 27.3 Å². The van der Waals surface area contributed by atoms with Crippen molar-refractivity contribution >= 4 is 38.3 Å². The quantitative estimate of drug-likeness (QED) is 0.875. The van der Waals surface area contributed by atoms with Crippen LogP contribution < -0.4 is 5.32 Å². The summed E-state index contributed by atoms with van der Waals surface area (Å²) in [5.74, 6) is -0.113. The Bertz CT molecular complexity index is 686. The fraction of sp³-hybridized carbons (Fsp3) is 0.375. The molecule has 0 atom stereocenters. The Morgan fingerprint density at radius 3 is 3.14 bits per heavy atom. The monoisotopic (exact) mass is 379 g/mol. The molecule has 1 amide bonds. The number of carbonyl (C=O) groups is 1. The summed E-state index contributed by atoms with van der Waals surface area (Å²) in [6, 6.07) is 7.37. The number of halogens is 1. The summed E-state index contributed by atoms with van der Waals surface area (Å²) in [4.78, 5) is 20.6. The molecule has 1 aromatic heterocycles. The van der Waals surface area contributed by atoms with Gasteiger partial charge in [0.05, 0.1) is 5.69 Å². The van der Waals surface area contributed by atoms with E-state index in [-0.39, 0.29) is 5.91 Å². The van der Waals surface area contributed by atoms with Crippen LogP contribution in [0.15, 0.2) is 28.7 Å². The molecule has 4 nitrogen and oxygen atoms in total. The van der Waals surface area contributed by atoms with E-state index in [1.165, 1.54) is 11.3 Å². The van der Waals surface area contributed by atoms with E-state index in [4.69, 9.17) is 0 Å². The highest BCUT2D eigenvalue weighted by molar-refractivity contribution is 9.10. The number of nitrogens with one attached hydrogen (secondary N) is 1. The highest BCUT2D eigenvalue weighted by atomic mass is 79.9. The van der Waals surface area contributed by atoms with Gasteiger partial charge in [-0.25, -0.2) is 4.98 Å². The second kappa shape index (κ2) is 6.89. The number of aromatic nitrogens is 1. The first-order valence-electron chi connectivity index (χ1n) is 7.43. The van der Waals surface area contributed by atoms with Gasteiger partial charge in [-0.2, -0.15) is 0 Å². The molecular weight excluding hydrogens is 362 g/mol. The molecular formula is C16H18BrN3OS. The number of anilines is 1. The Hall–Kier alpha value is -1.24. The maximum atomic E-state index is 12.3. The zero-order chi connectivity index (χ0) is 15.5. The Morgan fingerprint density at radius 2 is 2.36 bits per heavy atom. The van der Waals surface area contributed by atoms with Crippen molar-refractivity contribution in [2.75, 3.05) is 18.4 Å². The van der Waals surface area contributed by atoms with E-state index >= 15 is 0 Å². The van der Waals surface area contributed by atoms with Gasteiger partial charge in [0.25, 0.3) is 5.91 Å². The van der Waals surface area contributed by atoms with Gasteiger partial charge in [-0.1, -0.05) is 28.9 Å². The standard InChI is InChI=1S/C16H18BrN3OS/c1-2-7-20-8-6-13-14(10-20)22-16(18-13)19-15(21)11-4-3-5-12(17)9-11/h3-5,9H,2,6-8,10H2,1H3,(H,18,19,21). The molecule has 0 unspecified atom stereocenters. The zero-order valence-corrected chi connectivity index (χ0v) is 14.8. The van der Waals surface area contributed by atoms with Crippen LogP contribution in [0.1, 0.15) is 34.3 Å². The SMILES string of the molecule is CCCN1CCc2nc(NC(=O)c3cccc(Br)c3)sc2C1. The number of rotatable bonds is 4. The molecule has 0 saturated heterocycles. The predicted octanol–water partition coefficient (Wildman–Crippen LogP) is 3.93. The number of thiazole rings is 1. The fourth-order valence-electron chi connectivity index (χ4n) is 2.61. The van der Waals surface area contributed by atoms with Gasteiger partial charge in [-0.3, -0.25) is 15.0 Å². The molecule has 2 aromatic rings. The van der Waals surface area contributed by atoms with E-state index in [1.807, 2.05) is 18.2 Å². The molecule has 22 heavy (non-hydrogen) atoms. The largest absolute Gasteiger partial charge is 0.298 e. The van der Waals surface area contributed by atoms with Gasteiger partial charge < -0.3 is 0 Å². The molecule has 1 aliphatic rings. The number of fused-ring (bicyclic) bond motifs is 1. The summed E-state index contributed by atoms with van der Waals surface area (Å²) < 4.78 is 0.897. The van der Waals surface area contributed by atoms with Crippen molar-refractivity contribution < 1.29 is 4.79 Å². The van der Waals surface area contributed by atoms with Gasteiger partial charge in [-0.15, -0.1) is 11.3 Å². The third kappa shape index (κ3) is 3.56. The van der Waals surface area contributed by atoms with E-state index in [2.05, 4.69) is 38.1 Å². The highest BCUT2D eigenvalue weighted by Crippen LogP contribution is 2.28.